The Morgan fingerprint density at radius 2 is 1.00 bits per heavy atom. The van der Waals surface area contributed by atoms with E-state index in [0.717, 1.165) is 0 Å². The zero-order chi connectivity index (χ0) is 15.9. The van der Waals surface area contributed by atoms with Crippen LogP contribution in [0.15, 0.2) is 12.1 Å². The standard InChI is InChI=1S/C14H22O4Si2/c1-19(2,3)9-7-8-10(20(4,5)6)12(14(17)18)11(9)13(15)16/h7-8H,1-6H3,(H,15,16)(H,17,18). The Morgan fingerprint density at radius 1 is 0.750 bits per heavy atom. The molecule has 0 unspecified atom stereocenters. The van der Waals surface area contributed by atoms with Crippen LogP contribution in [-0.2, 0) is 0 Å². The van der Waals surface area contributed by atoms with Gasteiger partial charge in [-0.3, -0.25) is 0 Å². The summed E-state index contributed by atoms with van der Waals surface area (Å²) in [5.41, 5.74) is -0.00631. The molecule has 1 rings (SSSR count). The van der Waals surface area contributed by atoms with Gasteiger partial charge in [-0.1, -0.05) is 51.4 Å². The molecule has 0 atom stereocenters. The van der Waals surface area contributed by atoms with E-state index in [1.807, 2.05) is 51.4 Å². The van der Waals surface area contributed by atoms with E-state index < -0.39 is 28.1 Å². The third-order valence-corrected chi connectivity index (χ3v) is 7.31. The van der Waals surface area contributed by atoms with Crippen molar-refractivity contribution in [3.8, 4) is 0 Å². The molecule has 0 saturated heterocycles. The fourth-order valence-electron chi connectivity index (χ4n) is 2.30. The molecule has 0 radical (unpaired) electrons. The summed E-state index contributed by atoms with van der Waals surface area (Å²) in [5, 5.41) is 20.4. The van der Waals surface area contributed by atoms with Crippen molar-refractivity contribution in [3.05, 3.63) is 23.3 Å². The normalized spacial score (nSPS) is 12.3. The summed E-state index contributed by atoms with van der Waals surface area (Å²) in [6.07, 6.45) is 0. The van der Waals surface area contributed by atoms with Crippen LogP contribution in [0.1, 0.15) is 20.7 Å². The Kier molecular flexibility index (Phi) is 4.31. The molecule has 2 N–H and O–H groups in total. The van der Waals surface area contributed by atoms with Gasteiger partial charge in [-0.25, -0.2) is 9.59 Å². The van der Waals surface area contributed by atoms with Crippen molar-refractivity contribution < 1.29 is 19.8 Å². The molecule has 1 aromatic carbocycles. The smallest absolute Gasteiger partial charge is 0.336 e. The van der Waals surface area contributed by atoms with Crippen LogP contribution in [0.25, 0.3) is 0 Å². The SMILES string of the molecule is C[Si](C)(C)c1ccc([Si](C)(C)C)c(C(=O)O)c1C(=O)O. The molecule has 4 nitrogen and oxygen atoms in total. The van der Waals surface area contributed by atoms with E-state index in [0.29, 0.717) is 10.4 Å². The van der Waals surface area contributed by atoms with Gasteiger partial charge in [-0.15, -0.1) is 0 Å². The second-order valence-corrected chi connectivity index (χ2v) is 17.1. The molecule has 0 bridgehead atoms. The van der Waals surface area contributed by atoms with Gasteiger partial charge in [0.15, 0.2) is 0 Å². The lowest BCUT2D eigenvalue weighted by atomic mass is 10.1. The van der Waals surface area contributed by atoms with E-state index >= 15 is 0 Å². The van der Waals surface area contributed by atoms with Gasteiger partial charge in [-0.05, 0) is 10.4 Å². The van der Waals surface area contributed by atoms with E-state index in [9.17, 15) is 19.8 Å². The summed E-state index contributed by atoms with van der Waals surface area (Å²) in [6, 6.07) is 3.66. The number of aromatic carboxylic acids is 2. The topological polar surface area (TPSA) is 74.6 Å². The van der Waals surface area contributed by atoms with Crippen LogP contribution in [0.3, 0.4) is 0 Å². The van der Waals surface area contributed by atoms with Crippen LogP contribution in [-0.4, -0.2) is 38.3 Å². The molecule has 20 heavy (non-hydrogen) atoms. The van der Waals surface area contributed by atoms with Gasteiger partial charge in [0.2, 0.25) is 0 Å². The molecule has 0 aliphatic rings. The largest absolute Gasteiger partial charge is 0.478 e. The molecular weight excluding hydrogens is 288 g/mol. The summed E-state index contributed by atoms with van der Waals surface area (Å²) in [4.78, 5) is 23.3. The highest BCUT2D eigenvalue weighted by molar-refractivity contribution is 6.91. The van der Waals surface area contributed by atoms with Gasteiger partial charge < -0.3 is 10.2 Å². The second kappa shape index (κ2) is 5.18. The van der Waals surface area contributed by atoms with E-state index in [1.54, 1.807) is 0 Å². The minimum atomic E-state index is -1.93. The quantitative estimate of drug-likeness (QED) is 0.836. The van der Waals surface area contributed by atoms with Gasteiger partial charge in [0.05, 0.1) is 27.3 Å². The summed E-state index contributed by atoms with van der Waals surface area (Å²) in [6.45, 7) is 12.1. The zero-order valence-corrected chi connectivity index (χ0v) is 14.9. The summed E-state index contributed by atoms with van der Waals surface area (Å²) in [7, 11) is -3.86. The van der Waals surface area contributed by atoms with Crippen LogP contribution >= 0.6 is 0 Å². The van der Waals surface area contributed by atoms with Gasteiger partial charge in [-0.2, -0.15) is 0 Å². The summed E-state index contributed by atoms with van der Waals surface area (Å²) in [5.74, 6) is -2.28. The van der Waals surface area contributed by atoms with Crippen molar-refractivity contribution in [1.29, 1.82) is 0 Å². The van der Waals surface area contributed by atoms with Gasteiger partial charge in [0.25, 0.3) is 0 Å². The molecule has 0 fully saturated rings. The van der Waals surface area contributed by atoms with Gasteiger partial charge in [0, 0.05) is 0 Å². The highest BCUT2D eigenvalue weighted by Gasteiger charge is 2.33. The Bertz CT molecular complexity index is 515. The molecule has 6 heteroatoms. The fraction of sp³-hybridized carbons (Fsp3) is 0.429. The molecule has 1 aromatic rings. The first-order valence-electron chi connectivity index (χ1n) is 6.52. The van der Waals surface area contributed by atoms with E-state index in [2.05, 4.69) is 0 Å². The first-order chi connectivity index (χ1) is 8.87. The van der Waals surface area contributed by atoms with Crippen molar-refractivity contribution in [3.63, 3.8) is 0 Å². The highest BCUT2D eigenvalue weighted by atomic mass is 28.3. The Labute approximate surface area is 121 Å². The first kappa shape index (κ1) is 16.6. The average molecular weight is 310 g/mol. The zero-order valence-electron chi connectivity index (χ0n) is 12.9. The minimum Gasteiger partial charge on any atom is -0.478 e. The van der Waals surface area contributed by atoms with E-state index in [1.165, 1.54) is 0 Å². The lowest BCUT2D eigenvalue weighted by molar-refractivity contribution is 0.0653. The lowest BCUT2D eigenvalue weighted by Gasteiger charge is -2.26. The van der Waals surface area contributed by atoms with Crippen molar-refractivity contribution in [2.75, 3.05) is 0 Å². The lowest BCUT2D eigenvalue weighted by Crippen LogP contribution is -2.48. The number of benzene rings is 1. The minimum absolute atomic E-state index is 0.00316. The molecule has 0 aliphatic heterocycles. The molecular formula is C14H22O4Si2. The second-order valence-electron chi connectivity index (χ2n) is 7.02. The third-order valence-electron chi connectivity index (χ3n) is 3.25. The van der Waals surface area contributed by atoms with Crippen LogP contribution in [0.5, 0.6) is 0 Å². The number of hydrogen-bond acceptors (Lipinski definition) is 2. The van der Waals surface area contributed by atoms with Gasteiger partial charge >= 0.3 is 11.9 Å². The summed E-state index contributed by atoms with van der Waals surface area (Å²) >= 11 is 0. The number of carbonyl (C=O) groups is 2. The Balaban J connectivity index is 3.88. The van der Waals surface area contributed by atoms with Crippen LogP contribution in [0.2, 0.25) is 39.3 Å². The Hall–Kier alpha value is -1.41. The molecule has 0 aromatic heterocycles. The van der Waals surface area contributed by atoms with Crippen LogP contribution < -0.4 is 10.4 Å². The molecule has 0 saturated carbocycles. The molecule has 0 heterocycles. The average Bonchev–Trinajstić information content (AvgIpc) is 2.24. The number of carboxylic acids is 2. The van der Waals surface area contributed by atoms with E-state index in [4.69, 9.17) is 0 Å². The van der Waals surface area contributed by atoms with Crippen molar-refractivity contribution in [2.45, 2.75) is 39.3 Å². The molecule has 110 valence electrons. The fourth-order valence-corrected chi connectivity index (χ4v) is 5.43. The van der Waals surface area contributed by atoms with Crippen molar-refractivity contribution in [2.24, 2.45) is 0 Å². The van der Waals surface area contributed by atoms with Crippen LogP contribution in [0.4, 0.5) is 0 Å². The number of carboxylic acid groups (broad SMARTS) is 2. The summed E-state index contributed by atoms with van der Waals surface area (Å²) < 4.78 is 0. The predicted molar refractivity (Wildman–Crippen MR) is 86.3 cm³/mol. The van der Waals surface area contributed by atoms with Crippen molar-refractivity contribution >= 4 is 38.5 Å². The maximum absolute atomic E-state index is 11.6. The van der Waals surface area contributed by atoms with Gasteiger partial charge in [0.1, 0.15) is 0 Å². The predicted octanol–water partition coefficient (Wildman–Crippen LogP) is 2.17. The first-order valence-corrected chi connectivity index (χ1v) is 13.5. The monoisotopic (exact) mass is 310 g/mol. The highest BCUT2D eigenvalue weighted by Crippen LogP contribution is 2.15. The maximum Gasteiger partial charge on any atom is 0.336 e. The Morgan fingerprint density at radius 3 is 1.15 bits per heavy atom. The third kappa shape index (κ3) is 3.18. The number of hydrogen-bond donors (Lipinski definition) is 2. The molecule has 0 spiro atoms. The van der Waals surface area contributed by atoms with Crippen molar-refractivity contribution in [1.82, 2.24) is 0 Å². The molecule has 0 aliphatic carbocycles. The molecule has 0 amide bonds. The number of rotatable bonds is 4. The van der Waals surface area contributed by atoms with Crippen LogP contribution in [0, 0.1) is 0 Å². The maximum atomic E-state index is 11.6. The van der Waals surface area contributed by atoms with E-state index in [-0.39, 0.29) is 11.1 Å².